The Bertz CT molecular complexity index is 677. The molecule has 0 atom stereocenters. The number of nitrogens with one attached hydrogen (secondary N) is 1. The van der Waals surface area contributed by atoms with E-state index in [0.717, 1.165) is 0 Å². The van der Waals surface area contributed by atoms with Gasteiger partial charge in [0.2, 0.25) is 0 Å². The normalized spacial score (nSPS) is 10.2. The van der Waals surface area contributed by atoms with Crippen LogP contribution in [0.5, 0.6) is 5.75 Å². The van der Waals surface area contributed by atoms with Gasteiger partial charge in [0.1, 0.15) is 23.9 Å². The van der Waals surface area contributed by atoms with Crippen LogP contribution in [0, 0.1) is 22.9 Å². The number of nitro groups is 1. The SMILES string of the molecule is Cc1cc(F)ccc1OCc1ccc([N+](=O)[O-])c(NN)c1. The first-order chi connectivity index (χ1) is 10.0. The lowest BCUT2D eigenvalue weighted by atomic mass is 10.2. The summed E-state index contributed by atoms with van der Waals surface area (Å²) in [6.45, 7) is 1.93. The number of nitrogens with zero attached hydrogens (tertiary/aromatic N) is 1. The molecule has 0 unspecified atom stereocenters. The predicted octanol–water partition coefficient (Wildman–Crippen LogP) is 2.91. The Balaban J connectivity index is 2.15. The molecule has 0 aliphatic rings. The number of nitrogen functional groups attached to an aromatic ring is 1. The summed E-state index contributed by atoms with van der Waals surface area (Å²) in [5.41, 5.74) is 3.76. The first-order valence-corrected chi connectivity index (χ1v) is 6.14. The van der Waals surface area contributed by atoms with E-state index in [-0.39, 0.29) is 23.8 Å². The van der Waals surface area contributed by atoms with E-state index in [2.05, 4.69) is 5.43 Å². The maximum absolute atomic E-state index is 13.0. The van der Waals surface area contributed by atoms with Crippen molar-refractivity contribution in [1.82, 2.24) is 0 Å². The summed E-state index contributed by atoms with van der Waals surface area (Å²) >= 11 is 0. The van der Waals surface area contributed by atoms with Crippen LogP contribution in [0.25, 0.3) is 0 Å². The van der Waals surface area contributed by atoms with Gasteiger partial charge in [0.25, 0.3) is 5.69 Å². The quantitative estimate of drug-likeness (QED) is 0.502. The number of anilines is 1. The van der Waals surface area contributed by atoms with E-state index in [1.807, 2.05) is 0 Å². The number of aryl methyl sites for hydroxylation is 1. The summed E-state index contributed by atoms with van der Waals surface area (Å²) in [5.74, 6) is 5.49. The minimum absolute atomic E-state index is 0.112. The van der Waals surface area contributed by atoms with E-state index >= 15 is 0 Å². The minimum Gasteiger partial charge on any atom is -0.489 e. The smallest absolute Gasteiger partial charge is 0.293 e. The number of hydrogen-bond donors (Lipinski definition) is 2. The molecule has 0 aliphatic carbocycles. The molecule has 0 amide bonds. The molecule has 2 aromatic carbocycles. The third-order valence-corrected chi connectivity index (χ3v) is 2.94. The van der Waals surface area contributed by atoms with Gasteiger partial charge in [-0.1, -0.05) is 0 Å². The van der Waals surface area contributed by atoms with Gasteiger partial charge in [-0.15, -0.1) is 0 Å². The molecule has 0 radical (unpaired) electrons. The van der Waals surface area contributed by atoms with Crippen molar-refractivity contribution in [2.24, 2.45) is 5.84 Å². The van der Waals surface area contributed by atoms with Gasteiger partial charge in [-0.2, -0.15) is 0 Å². The van der Waals surface area contributed by atoms with E-state index in [1.54, 1.807) is 13.0 Å². The molecule has 0 aromatic heterocycles. The zero-order valence-electron chi connectivity index (χ0n) is 11.3. The highest BCUT2D eigenvalue weighted by Gasteiger charge is 2.13. The average molecular weight is 291 g/mol. The molecular weight excluding hydrogens is 277 g/mol. The number of hydrogen-bond acceptors (Lipinski definition) is 5. The molecular formula is C14H14FN3O3. The second-order valence-corrected chi connectivity index (χ2v) is 4.45. The second-order valence-electron chi connectivity index (χ2n) is 4.45. The summed E-state index contributed by atoms with van der Waals surface area (Å²) in [6.07, 6.45) is 0. The number of nitro benzene ring substituents is 1. The fourth-order valence-electron chi connectivity index (χ4n) is 1.88. The van der Waals surface area contributed by atoms with Gasteiger partial charge in [0.15, 0.2) is 0 Å². The highest BCUT2D eigenvalue weighted by atomic mass is 19.1. The summed E-state index contributed by atoms with van der Waals surface area (Å²) in [5, 5.41) is 10.8. The fraction of sp³-hybridized carbons (Fsp3) is 0.143. The number of halogens is 1. The van der Waals surface area contributed by atoms with E-state index in [4.69, 9.17) is 10.6 Å². The number of benzene rings is 2. The molecule has 0 fully saturated rings. The second kappa shape index (κ2) is 6.19. The van der Waals surface area contributed by atoms with E-state index in [1.165, 1.54) is 30.3 Å². The molecule has 2 rings (SSSR count). The topological polar surface area (TPSA) is 90.4 Å². The Morgan fingerprint density at radius 1 is 1.33 bits per heavy atom. The van der Waals surface area contributed by atoms with Gasteiger partial charge in [-0.3, -0.25) is 16.0 Å². The van der Waals surface area contributed by atoms with Crippen LogP contribution in [-0.2, 0) is 6.61 Å². The lowest BCUT2D eigenvalue weighted by Crippen LogP contribution is -2.10. The first-order valence-electron chi connectivity index (χ1n) is 6.14. The minimum atomic E-state index is -0.524. The molecule has 0 heterocycles. The van der Waals surface area contributed by atoms with Crippen molar-refractivity contribution in [3.05, 3.63) is 63.5 Å². The Labute approximate surface area is 120 Å². The zero-order chi connectivity index (χ0) is 15.4. The van der Waals surface area contributed by atoms with Crippen LogP contribution >= 0.6 is 0 Å². The molecule has 7 heteroatoms. The summed E-state index contributed by atoms with van der Waals surface area (Å²) in [6, 6.07) is 8.70. The lowest BCUT2D eigenvalue weighted by molar-refractivity contribution is -0.384. The molecule has 110 valence electrons. The molecule has 0 spiro atoms. The Morgan fingerprint density at radius 2 is 2.10 bits per heavy atom. The summed E-state index contributed by atoms with van der Waals surface area (Å²) < 4.78 is 18.6. The molecule has 21 heavy (non-hydrogen) atoms. The van der Waals surface area contributed by atoms with Gasteiger partial charge in [-0.05, 0) is 48.4 Å². The third kappa shape index (κ3) is 3.46. The van der Waals surface area contributed by atoms with Gasteiger partial charge < -0.3 is 10.2 Å². The fourth-order valence-corrected chi connectivity index (χ4v) is 1.88. The molecule has 2 aromatic rings. The van der Waals surface area contributed by atoms with Crippen LogP contribution in [0.15, 0.2) is 36.4 Å². The van der Waals surface area contributed by atoms with Crippen molar-refractivity contribution < 1.29 is 14.1 Å². The summed E-state index contributed by atoms with van der Waals surface area (Å²) in [4.78, 5) is 10.3. The van der Waals surface area contributed by atoms with E-state index < -0.39 is 4.92 Å². The van der Waals surface area contributed by atoms with Crippen LogP contribution in [0.4, 0.5) is 15.8 Å². The van der Waals surface area contributed by atoms with Crippen LogP contribution in [0.1, 0.15) is 11.1 Å². The number of hydrazine groups is 1. The number of ether oxygens (including phenoxy) is 1. The largest absolute Gasteiger partial charge is 0.489 e. The highest BCUT2D eigenvalue weighted by Crippen LogP contribution is 2.26. The Hall–Kier alpha value is -2.67. The van der Waals surface area contributed by atoms with Crippen molar-refractivity contribution in [3.63, 3.8) is 0 Å². The van der Waals surface area contributed by atoms with E-state index in [9.17, 15) is 14.5 Å². The maximum Gasteiger partial charge on any atom is 0.293 e. The Kier molecular flexibility index (Phi) is 4.34. The molecule has 0 saturated heterocycles. The molecule has 0 bridgehead atoms. The van der Waals surface area contributed by atoms with Crippen LogP contribution in [0.2, 0.25) is 0 Å². The lowest BCUT2D eigenvalue weighted by Gasteiger charge is -2.10. The zero-order valence-corrected chi connectivity index (χ0v) is 11.3. The van der Waals surface area contributed by atoms with Crippen LogP contribution in [0.3, 0.4) is 0 Å². The van der Waals surface area contributed by atoms with Crippen molar-refractivity contribution in [3.8, 4) is 5.75 Å². The summed E-state index contributed by atoms with van der Waals surface area (Å²) in [7, 11) is 0. The third-order valence-electron chi connectivity index (χ3n) is 2.94. The maximum atomic E-state index is 13.0. The van der Waals surface area contributed by atoms with E-state index in [0.29, 0.717) is 16.9 Å². The predicted molar refractivity (Wildman–Crippen MR) is 76.4 cm³/mol. The van der Waals surface area contributed by atoms with Crippen LogP contribution < -0.4 is 16.0 Å². The van der Waals surface area contributed by atoms with Crippen molar-refractivity contribution in [2.45, 2.75) is 13.5 Å². The number of nitrogens with two attached hydrogens (primary N) is 1. The first kappa shape index (κ1) is 14.7. The van der Waals surface area contributed by atoms with Gasteiger partial charge in [-0.25, -0.2) is 4.39 Å². The molecule has 6 nitrogen and oxygen atoms in total. The molecule has 0 saturated carbocycles. The van der Waals surface area contributed by atoms with Gasteiger partial charge in [0, 0.05) is 6.07 Å². The van der Waals surface area contributed by atoms with Crippen molar-refractivity contribution in [2.75, 3.05) is 5.43 Å². The van der Waals surface area contributed by atoms with Crippen molar-refractivity contribution in [1.29, 1.82) is 0 Å². The van der Waals surface area contributed by atoms with Crippen LogP contribution in [-0.4, -0.2) is 4.92 Å². The molecule has 3 N–H and O–H groups in total. The monoisotopic (exact) mass is 291 g/mol. The number of rotatable bonds is 5. The van der Waals surface area contributed by atoms with Crippen molar-refractivity contribution >= 4 is 11.4 Å². The average Bonchev–Trinajstić information content (AvgIpc) is 2.45. The molecule has 0 aliphatic heterocycles. The van der Waals surface area contributed by atoms with Gasteiger partial charge >= 0.3 is 0 Å². The highest BCUT2D eigenvalue weighted by molar-refractivity contribution is 5.62. The Morgan fingerprint density at radius 3 is 2.71 bits per heavy atom. The standard InChI is InChI=1S/C14H14FN3O3/c1-9-6-11(15)3-5-14(9)21-8-10-2-4-13(18(19)20)12(7-10)17-16/h2-7,17H,8,16H2,1H3. The van der Waals surface area contributed by atoms with Gasteiger partial charge in [0.05, 0.1) is 4.92 Å².